The Morgan fingerprint density at radius 3 is 2.45 bits per heavy atom. The fourth-order valence-electron chi connectivity index (χ4n) is 3.00. The maximum absolute atomic E-state index is 10.9. The third-order valence-electron chi connectivity index (χ3n) is 4.42. The van der Waals surface area contributed by atoms with Gasteiger partial charge in [-0.2, -0.15) is 0 Å². The number of hydrogen-bond acceptors (Lipinski definition) is 5. The number of aliphatic imine (C=N–C) groups is 1. The first kappa shape index (κ1) is 22.0. The molecule has 0 fully saturated rings. The molecule has 0 spiro atoms. The summed E-state index contributed by atoms with van der Waals surface area (Å²) in [6.45, 7) is 9.50. The molecule has 6 heteroatoms. The van der Waals surface area contributed by atoms with Crippen molar-refractivity contribution in [3.05, 3.63) is 60.2 Å². The molecule has 0 aliphatic rings. The molecule has 0 amide bonds. The summed E-state index contributed by atoms with van der Waals surface area (Å²) < 4.78 is 10.8. The minimum absolute atomic E-state index is 0.413. The van der Waals surface area contributed by atoms with Crippen LogP contribution < -0.4 is 14.4 Å². The van der Waals surface area contributed by atoms with Gasteiger partial charge in [-0.3, -0.25) is 4.99 Å². The van der Waals surface area contributed by atoms with Gasteiger partial charge in [-0.25, -0.2) is 4.79 Å². The van der Waals surface area contributed by atoms with E-state index in [9.17, 15) is 4.79 Å². The number of hydrogen-bond donors (Lipinski definition) is 1. The monoisotopic (exact) mass is 396 g/mol. The molecular formula is C23H28N2O4. The zero-order valence-electron chi connectivity index (χ0n) is 17.2. The highest BCUT2D eigenvalue weighted by Crippen LogP contribution is 2.33. The Morgan fingerprint density at radius 2 is 1.90 bits per heavy atom. The third-order valence-corrected chi connectivity index (χ3v) is 4.42. The zero-order chi connectivity index (χ0) is 21.2. The maximum Gasteiger partial charge on any atom is 0.341 e. The second kappa shape index (κ2) is 10.9. The molecule has 2 aromatic rings. The van der Waals surface area contributed by atoms with Crippen molar-refractivity contribution in [1.82, 2.24) is 0 Å². The van der Waals surface area contributed by atoms with Gasteiger partial charge >= 0.3 is 5.97 Å². The number of carbonyl (C=O) groups is 1. The molecule has 0 atom stereocenters. The van der Waals surface area contributed by atoms with E-state index in [0.29, 0.717) is 17.9 Å². The highest BCUT2D eigenvalue weighted by Gasteiger charge is 2.13. The second-order valence-corrected chi connectivity index (χ2v) is 6.33. The summed E-state index contributed by atoms with van der Waals surface area (Å²) in [5.41, 5.74) is 3.63. The fraction of sp³-hybridized carbons (Fsp3) is 0.304. The van der Waals surface area contributed by atoms with Crippen molar-refractivity contribution in [2.45, 2.75) is 20.3 Å². The maximum atomic E-state index is 10.9. The van der Waals surface area contributed by atoms with Crippen molar-refractivity contribution in [2.24, 2.45) is 4.99 Å². The first-order valence-corrected chi connectivity index (χ1v) is 9.57. The van der Waals surface area contributed by atoms with Crippen LogP contribution in [0, 0.1) is 0 Å². The molecule has 0 bridgehead atoms. The van der Waals surface area contributed by atoms with Gasteiger partial charge in [0.25, 0.3) is 0 Å². The van der Waals surface area contributed by atoms with Crippen LogP contribution >= 0.6 is 0 Å². The van der Waals surface area contributed by atoms with Gasteiger partial charge in [0.2, 0.25) is 0 Å². The van der Waals surface area contributed by atoms with Crippen molar-refractivity contribution in [1.29, 1.82) is 0 Å². The van der Waals surface area contributed by atoms with Gasteiger partial charge in [-0.15, -0.1) is 6.58 Å². The Bertz CT molecular complexity index is 856. The van der Waals surface area contributed by atoms with Crippen molar-refractivity contribution >= 4 is 23.6 Å². The zero-order valence-corrected chi connectivity index (χ0v) is 17.2. The number of carboxylic acid groups (broad SMARTS) is 1. The molecule has 29 heavy (non-hydrogen) atoms. The number of ether oxygens (including phenoxy) is 2. The molecule has 2 rings (SSSR count). The van der Waals surface area contributed by atoms with Gasteiger partial charge in [-0.05, 0) is 62.2 Å². The standard InChI is InChI=1S/C23H28N2O4/c1-5-8-18-13-17(14-21(28-4)23(18)29-16-22(26)27)15-24-19-9-11-20(12-10-19)25(6-2)7-3/h5,9-15H,1,6-8,16H2,2-4H3,(H,26,27). The summed E-state index contributed by atoms with van der Waals surface area (Å²) in [5, 5.41) is 8.90. The average molecular weight is 396 g/mol. The van der Waals surface area contributed by atoms with E-state index >= 15 is 0 Å². The van der Waals surface area contributed by atoms with Crippen LogP contribution in [0.1, 0.15) is 25.0 Å². The molecule has 154 valence electrons. The smallest absolute Gasteiger partial charge is 0.341 e. The Kier molecular flexibility index (Phi) is 8.27. The summed E-state index contributed by atoms with van der Waals surface area (Å²) in [5.74, 6) is -0.171. The van der Waals surface area contributed by atoms with E-state index in [1.165, 1.54) is 12.8 Å². The highest BCUT2D eigenvalue weighted by molar-refractivity contribution is 5.84. The SMILES string of the molecule is C=CCc1cc(C=Nc2ccc(N(CC)CC)cc2)cc(OC)c1OCC(=O)O. The van der Waals surface area contributed by atoms with Crippen LogP contribution in [0.25, 0.3) is 0 Å². The van der Waals surface area contributed by atoms with Crippen molar-refractivity contribution in [2.75, 3.05) is 31.7 Å². The lowest BCUT2D eigenvalue weighted by Crippen LogP contribution is -2.21. The predicted molar refractivity (Wildman–Crippen MR) is 117 cm³/mol. The summed E-state index contributed by atoms with van der Waals surface area (Å²) in [6, 6.07) is 11.8. The summed E-state index contributed by atoms with van der Waals surface area (Å²) in [7, 11) is 1.52. The molecule has 0 unspecified atom stereocenters. The van der Waals surface area contributed by atoms with Crippen LogP contribution in [0.15, 0.2) is 54.0 Å². The van der Waals surface area contributed by atoms with E-state index in [4.69, 9.17) is 14.6 Å². The first-order chi connectivity index (χ1) is 14.0. The van der Waals surface area contributed by atoms with E-state index in [-0.39, 0.29) is 0 Å². The van der Waals surface area contributed by atoms with Gasteiger partial charge in [0.05, 0.1) is 12.8 Å². The molecule has 0 aliphatic carbocycles. The number of allylic oxidation sites excluding steroid dienone is 1. The van der Waals surface area contributed by atoms with E-state index in [1.54, 1.807) is 18.4 Å². The van der Waals surface area contributed by atoms with Crippen LogP contribution in [0.3, 0.4) is 0 Å². The summed E-state index contributed by atoms with van der Waals surface area (Å²) >= 11 is 0. The lowest BCUT2D eigenvalue weighted by molar-refractivity contribution is -0.139. The molecule has 0 saturated heterocycles. The van der Waals surface area contributed by atoms with E-state index in [2.05, 4.69) is 42.5 Å². The average Bonchev–Trinajstić information content (AvgIpc) is 2.73. The quantitative estimate of drug-likeness (QED) is 0.448. The third kappa shape index (κ3) is 6.10. The Hall–Kier alpha value is -3.28. The fourth-order valence-corrected chi connectivity index (χ4v) is 3.00. The lowest BCUT2D eigenvalue weighted by atomic mass is 10.1. The molecule has 0 heterocycles. The second-order valence-electron chi connectivity index (χ2n) is 6.33. The summed E-state index contributed by atoms with van der Waals surface area (Å²) in [6.07, 6.45) is 4.00. The van der Waals surface area contributed by atoms with Gasteiger partial charge in [-0.1, -0.05) is 6.08 Å². The minimum Gasteiger partial charge on any atom is -0.493 e. The normalized spacial score (nSPS) is 10.7. The summed E-state index contributed by atoms with van der Waals surface area (Å²) in [4.78, 5) is 17.7. The number of aliphatic carboxylic acids is 1. The molecule has 0 saturated carbocycles. The minimum atomic E-state index is -1.05. The van der Waals surface area contributed by atoms with E-state index < -0.39 is 12.6 Å². The van der Waals surface area contributed by atoms with Gasteiger partial charge in [0, 0.05) is 30.6 Å². The lowest BCUT2D eigenvalue weighted by Gasteiger charge is -2.20. The van der Waals surface area contributed by atoms with Crippen LogP contribution in [0.4, 0.5) is 11.4 Å². The first-order valence-electron chi connectivity index (χ1n) is 9.57. The number of carboxylic acids is 1. The van der Waals surface area contributed by atoms with Gasteiger partial charge < -0.3 is 19.5 Å². The van der Waals surface area contributed by atoms with Gasteiger partial charge in [0.1, 0.15) is 0 Å². The van der Waals surface area contributed by atoms with Crippen LogP contribution in [-0.4, -0.2) is 44.1 Å². The number of rotatable bonds is 11. The number of anilines is 1. The van der Waals surface area contributed by atoms with E-state index in [0.717, 1.165) is 29.9 Å². The van der Waals surface area contributed by atoms with Crippen LogP contribution in [-0.2, 0) is 11.2 Å². The molecule has 1 N–H and O–H groups in total. The van der Waals surface area contributed by atoms with Crippen LogP contribution in [0.2, 0.25) is 0 Å². The number of methoxy groups -OCH3 is 1. The number of nitrogens with zero attached hydrogens (tertiary/aromatic N) is 2. The van der Waals surface area contributed by atoms with Crippen molar-refractivity contribution < 1.29 is 19.4 Å². The Labute approximate surface area is 172 Å². The van der Waals surface area contributed by atoms with E-state index in [1.807, 2.05) is 18.2 Å². The molecule has 6 nitrogen and oxygen atoms in total. The Balaban J connectivity index is 2.28. The molecular weight excluding hydrogens is 368 g/mol. The Morgan fingerprint density at radius 1 is 1.21 bits per heavy atom. The molecule has 0 radical (unpaired) electrons. The molecule has 0 aromatic heterocycles. The van der Waals surface area contributed by atoms with Crippen LogP contribution in [0.5, 0.6) is 11.5 Å². The topological polar surface area (TPSA) is 71.4 Å². The molecule has 0 aliphatic heterocycles. The van der Waals surface area contributed by atoms with Gasteiger partial charge in [0.15, 0.2) is 18.1 Å². The van der Waals surface area contributed by atoms with Crippen molar-refractivity contribution in [3.8, 4) is 11.5 Å². The molecule has 2 aromatic carbocycles. The highest BCUT2D eigenvalue weighted by atomic mass is 16.5. The largest absolute Gasteiger partial charge is 0.493 e. The number of benzene rings is 2. The predicted octanol–water partition coefficient (Wildman–Crippen LogP) is 4.48. The van der Waals surface area contributed by atoms with Crippen molar-refractivity contribution in [3.63, 3.8) is 0 Å².